The average Bonchev–Trinajstić information content (AvgIpc) is 3.31. The molecule has 0 aliphatic carbocycles. The van der Waals surface area contributed by atoms with Gasteiger partial charge in [0.1, 0.15) is 9.77 Å². The summed E-state index contributed by atoms with van der Waals surface area (Å²) in [6.45, 7) is 4.74. The van der Waals surface area contributed by atoms with E-state index in [9.17, 15) is 18.0 Å². The number of amides is 1. The highest BCUT2D eigenvalue weighted by Crippen LogP contribution is 2.29. The SMILES string of the molecule is Cc1ccc(NS(=O)(=O)c2ccsc2C(=O)N2CCC(C(=O)c3ccc(C)cc3)CC2)cc1. The molecule has 0 spiro atoms. The van der Waals surface area contributed by atoms with Crippen LogP contribution in [0.5, 0.6) is 0 Å². The third kappa shape index (κ3) is 5.17. The van der Waals surface area contributed by atoms with E-state index in [1.807, 2.05) is 50.2 Å². The van der Waals surface area contributed by atoms with E-state index in [1.54, 1.807) is 22.4 Å². The van der Waals surface area contributed by atoms with Crippen LogP contribution in [-0.4, -0.2) is 38.1 Å². The fraction of sp³-hybridized carbons (Fsp3) is 0.280. The highest BCUT2D eigenvalue weighted by Gasteiger charge is 2.32. The summed E-state index contributed by atoms with van der Waals surface area (Å²) < 4.78 is 28.5. The van der Waals surface area contributed by atoms with Crippen molar-refractivity contribution in [2.24, 2.45) is 5.92 Å². The van der Waals surface area contributed by atoms with Crippen molar-refractivity contribution < 1.29 is 18.0 Å². The Bertz CT molecular complexity index is 1250. The van der Waals surface area contributed by atoms with Gasteiger partial charge in [-0.05, 0) is 50.3 Å². The van der Waals surface area contributed by atoms with Gasteiger partial charge in [0.2, 0.25) is 0 Å². The van der Waals surface area contributed by atoms with Gasteiger partial charge in [0.25, 0.3) is 15.9 Å². The van der Waals surface area contributed by atoms with Crippen molar-refractivity contribution in [3.63, 3.8) is 0 Å². The summed E-state index contributed by atoms with van der Waals surface area (Å²) in [5.41, 5.74) is 3.26. The van der Waals surface area contributed by atoms with Gasteiger partial charge in [-0.15, -0.1) is 11.3 Å². The third-order valence-electron chi connectivity index (χ3n) is 5.91. The van der Waals surface area contributed by atoms with Crippen molar-refractivity contribution in [3.05, 3.63) is 81.5 Å². The Morgan fingerprint density at radius 2 is 1.48 bits per heavy atom. The number of benzene rings is 2. The Morgan fingerprint density at radius 1 is 0.909 bits per heavy atom. The fourth-order valence-electron chi connectivity index (χ4n) is 3.94. The number of rotatable bonds is 6. The molecule has 172 valence electrons. The minimum atomic E-state index is -3.90. The molecule has 2 heterocycles. The van der Waals surface area contributed by atoms with Crippen LogP contribution < -0.4 is 4.72 Å². The maximum atomic E-state index is 13.2. The predicted octanol–water partition coefficient (Wildman–Crippen LogP) is 4.90. The molecule has 1 N–H and O–H groups in total. The molecule has 1 aliphatic rings. The molecule has 6 nitrogen and oxygen atoms in total. The molecule has 2 aromatic carbocycles. The molecule has 3 aromatic rings. The minimum Gasteiger partial charge on any atom is -0.338 e. The zero-order valence-corrected chi connectivity index (χ0v) is 20.2. The number of anilines is 1. The van der Waals surface area contributed by atoms with E-state index in [2.05, 4.69) is 4.72 Å². The largest absolute Gasteiger partial charge is 0.338 e. The number of Topliss-reactive ketones (excluding diaryl/α,β-unsaturated/α-hetero) is 1. The van der Waals surface area contributed by atoms with E-state index in [0.717, 1.165) is 22.5 Å². The lowest BCUT2D eigenvalue weighted by Crippen LogP contribution is -2.40. The summed E-state index contributed by atoms with van der Waals surface area (Å²) in [4.78, 5) is 27.8. The molecule has 1 aliphatic heterocycles. The van der Waals surface area contributed by atoms with Gasteiger partial charge in [-0.2, -0.15) is 0 Å². The Morgan fingerprint density at radius 3 is 2.09 bits per heavy atom. The summed E-state index contributed by atoms with van der Waals surface area (Å²) in [7, 11) is -3.90. The number of carbonyl (C=O) groups excluding carboxylic acids is 2. The van der Waals surface area contributed by atoms with Gasteiger partial charge in [0.15, 0.2) is 5.78 Å². The lowest BCUT2D eigenvalue weighted by atomic mass is 9.88. The zero-order chi connectivity index (χ0) is 23.6. The number of nitrogens with zero attached hydrogens (tertiary/aromatic N) is 1. The lowest BCUT2D eigenvalue weighted by molar-refractivity contribution is 0.0651. The molecule has 1 fully saturated rings. The smallest absolute Gasteiger partial charge is 0.265 e. The van der Waals surface area contributed by atoms with Gasteiger partial charge in [0.05, 0.1) is 0 Å². The van der Waals surface area contributed by atoms with Crippen LogP contribution in [0.4, 0.5) is 5.69 Å². The summed E-state index contributed by atoms with van der Waals surface area (Å²) >= 11 is 1.12. The van der Waals surface area contributed by atoms with E-state index in [1.165, 1.54) is 6.07 Å². The quantitative estimate of drug-likeness (QED) is 0.507. The molecule has 0 atom stereocenters. The van der Waals surface area contributed by atoms with Crippen LogP contribution in [-0.2, 0) is 10.0 Å². The maximum Gasteiger partial charge on any atom is 0.265 e. The van der Waals surface area contributed by atoms with Crippen LogP contribution in [0.2, 0.25) is 0 Å². The van der Waals surface area contributed by atoms with Crippen LogP contribution >= 0.6 is 11.3 Å². The first-order valence-corrected chi connectivity index (χ1v) is 13.2. The Kier molecular flexibility index (Phi) is 6.67. The number of hydrogen-bond donors (Lipinski definition) is 1. The molecule has 0 unspecified atom stereocenters. The molecular formula is C25H26N2O4S2. The molecule has 8 heteroatoms. The Hall–Kier alpha value is -2.97. The molecule has 4 rings (SSSR count). The molecule has 0 radical (unpaired) electrons. The molecule has 33 heavy (non-hydrogen) atoms. The van der Waals surface area contributed by atoms with Crippen LogP contribution in [0, 0.1) is 19.8 Å². The van der Waals surface area contributed by atoms with Gasteiger partial charge in [0, 0.05) is 30.3 Å². The van der Waals surface area contributed by atoms with Crippen molar-refractivity contribution in [2.45, 2.75) is 31.6 Å². The molecule has 1 amide bonds. The van der Waals surface area contributed by atoms with Gasteiger partial charge < -0.3 is 4.90 Å². The molecule has 0 saturated carbocycles. The Labute approximate surface area is 198 Å². The summed E-state index contributed by atoms with van der Waals surface area (Å²) in [6.07, 6.45) is 1.13. The van der Waals surface area contributed by atoms with Crippen LogP contribution in [0.3, 0.4) is 0 Å². The van der Waals surface area contributed by atoms with Crippen LogP contribution in [0.15, 0.2) is 64.9 Å². The van der Waals surface area contributed by atoms with E-state index in [4.69, 9.17) is 0 Å². The monoisotopic (exact) mass is 482 g/mol. The third-order valence-corrected chi connectivity index (χ3v) is 8.36. The number of sulfonamides is 1. The van der Waals surface area contributed by atoms with Crippen LogP contribution in [0.25, 0.3) is 0 Å². The summed E-state index contributed by atoms with van der Waals surface area (Å²) in [6, 6.07) is 16.0. The van der Waals surface area contributed by atoms with Gasteiger partial charge in [-0.3, -0.25) is 14.3 Å². The summed E-state index contributed by atoms with van der Waals surface area (Å²) in [5, 5.41) is 1.62. The zero-order valence-electron chi connectivity index (χ0n) is 18.6. The number of piperidine rings is 1. The standard InChI is InChI=1S/C25H26N2O4S2/c1-17-3-7-19(8-4-17)23(28)20-11-14-27(15-12-20)25(29)24-22(13-16-32-24)33(30,31)26-21-9-5-18(2)6-10-21/h3-10,13,16,20,26H,11-12,14-15H2,1-2H3. The van der Waals surface area contributed by atoms with Crippen molar-refractivity contribution >= 4 is 38.7 Å². The second-order valence-electron chi connectivity index (χ2n) is 8.38. The number of hydrogen-bond acceptors (Lipinski definition) is 5. The highest BCUT2D eigenvalue weighted by molar-refractivity contribution is 7.93. The van der Waals surface area contributed by atoms with Crippen molar-refractivity contribution in [3.8, 4) is 0 Å². The van der Waals surface area contributed by atoms with Crippen molar-refractivity contribution in [1.82, 2.24) is 4.90 Å². The predicted molar refractivity (Wildman–Crippen MR) is 130 cm³/mol. The van der Waals surface area contributed by atoms with E-state index >= 15 is 0 Å². The number of aryl methyl sites for hydroxylation is 2. The Balaban J connectivity index is 1.44. The first-order chi connectivity index (χ1) is 15.7. The second kappa shape index (κ2) is 9.49. The minimum absolute atomic E-state index is 0.0177. The van der Waals surface area contributed by atoms with Gasteiger partial charge in [-0.1, -0.05) is 47.5 Å². The topological polar surface area (TPSA) is 83.6 Å². The first kappa shape index (κ1) is 23.2. The number of likely N-dealkylation sites (tertiary alicyclic amines) is 1. The van der Waals surface area contributed by atoms with Crippen molar-refractivity contribution in [2.75, 3.05) is 17.8 Å². The van der Waals surface area contributed by atoms with Crippen LogP contribution in [0.1, 0.15) is 44.0 Å². The van der Waals surface area contributed by atoms with Gasteiger partial charge in [-0.25, -0.2) is 8.42 Å². The molecular weight excluding hydrogens is 456 g/mol. The number of ketones is 1. The van der Waals surface area contributed by atoms with Gasteiger partial charge >= 0.3 is 0 Å². The molecule has 1 saturated heterocycles. The van der Waals surface area contributed by atoms with E-state index in [-0.39, 0.29) is 27.4 Å². The highest BCUT2D eigenvalue weighted by atomic mass is 32.2. The average molecular weight is 483 g/mol. The molecule has 1 aromatic heterocycles. The second-order valence-corrected chi connectivity index (χ2v) is 10.9. The number of nitrogens with one attached hydrogen (secondary N) is 1. The summed E-state index contributed by atoms with van der Waals surface area (Å²) in [5.74, 6) is -0.342. The van der Waals surface area contributed by atoms with E-state index in [0.29, 0.717) is 37.2 Å². The van der Waals surface area contributed by atoms with Crippen molar-refractivity contribution in [1.29, 1.82) is 0 Å². The lowest BCUT2D eigenvalue weighted by Gasteiger charge is -2.31. The number of thiophene rings is 1. The number of carbonyl (C=O) groups is 2. The normalized spacial score (nSPS) is 14.8. The maximum absolute atomic E-state index is 13.2. The first-order valence-electron chi connectivity index (χ1n) is 10.8. The molecule has 0 bridgehead atoms. The fourth-order valence-corrected chi connectivity index (χ4v) is 6.39. The van der Waals surface area contributed by atoms with E-state index < -0.39 is 10.0 Å².